The molecule has 0 fully saturated rings. The summed E-state index contributed by atoms with van der Waals surface area (Å²) in [7, 11) is -2.33. The number of hydrogen-bond donors (Lipinski definition) is 0. The molecule has 37 heavy (non-hydrogen) atoms. The first kappa shape index (κ1) is 47.5. The van der Waals surface area contributed by atoms with E-state index in [9.17, 15) is 0 Å². The molecule has 0 aliphatic rings. The van der Waals surface area contributed by atoms with Crippen molar-refractivity contribution in [3.05, 3.63) is 60.7 Å². The Morgan fingerprint density at radius 1 is 0.486 bits per heavy atom. The predicted octanol–water partition coefficient (Wildman–Crippen LogP) is 10.2. The van der Waals surface area contributed by atoms with Gasteiger partial charge in [-0.05, 0) is 52.0 Å². The van der Waals surface area contributed by atoms with Gasteiger partial charge in [-0.2, -0.15) is 17.3 Å². The van der Waals surface area contributed by atoms with Gasteiger partial charge in [0.25, 0.3) is 0 Å². The summed E-state index contributed by atoms with van der Waals surface area (Å²) >= 11 is 27.3. The average molecular weight is 1210 g/mol. The zero-order chi connectivity index (χ0) is 29.5. The molecular formula is C26H47Br4P2Re2S3-. The van der Waals surface area contributed by atoms with Crippen LogP contribution in [0.15, 0.2) is 60.7 Å². The first-order chi connectivity index (χ1) is 17.6. The van der Waals surface area contributed by atoms with Gasteiger partial charge in [-0.25, -0.2) is 0 Å². The minimum atomic E-state index is -0.966. The third kappa shape index (κ3) is 35.7. The van der Waals surface area contributed by atoms with E-state index < -0.39 is 18.1 Å². The van der Waals surface area contributed by atoms with Crippen molar-refractivity contribution in [1.29, 1.82) is 0 Å². The SMILES string of the molecule is CC[PH+](CC)c1ccccc1.CC[PH+](CC)c1ccccc1.CC[S-].CC[S-].CC[S-].[Br][Re]([Br])#[Re]([Br])[Br]. The molecule has 0 amide bonds. The first-order valence-electron chi connectivity index (χ1n) is 12.3. The number of benzene rings is 2. The Labute approximate surface area is 283 Å². The summed E-state index contributed by atoms with van der Waals surface area (Å²) in [5, 5.41) is 3.17. The molecule has 0 atom stereocenters. The summed E-state index contributed by atoms with van der Waals surface area (Å²) in [6.07, 6.45) is 5.41. The summed E-state index contributed by atoms with van der Waals surface area (Å²) < 4.78 is 0. The van der Waals surface area contributed by atoms with Crippen molar-refractivity contribution in [2.24, 2.45) is 0 Å². The zero-order valence-corrected chi connectivity index (χ0v) is 39.4. The van der Waals surface area contributed by atoms with Crippen molar-refractivity contribution in [3.63, 3.8) is 0 Å². The van der Waals surface area contributed by atoms with Gasteiger partial charge >= 0.3 is 71.9 Å². The Bertz CT molecular complexity index is 707. The van der Waals surface area contributed by atoms with Gasteiger partial charge in [-0.1, -0.05) is 57.2 Å². The Morgan fingerprint density at radius 2 is 0.676 bits per heavy atom. The van der Waals surface area contributed by atoms with E-state index >= 15 is 0 Å². The van der Waals surface area contributed by atoms with Crippen molar-refractivity contribution >= 4 is 118 Å². The van der Waals surface area contributed by atoms with Crippen LogP contribution in [0.5, 0.6) is 0 Å². The van der Waals surface area contributed by atoms with Crippen molar-refractivity contribution in [1.82, 2.24) is 0 Å². The van der Waals surface area contributed by atoms with Gasteiger partial charge in [0.05, 0.1) is 35.3 Å². The van der Waals surface area contributed by atoms with Crippen LogP contribution in [0, 0.1) is 0 Å². The molecule has 0 saturated carbocycles. The molecule has 0 radical (unpaired) electrons. The van der Waals surface area contributed by atoms with Gasteiger partial charge in [0.15, 0.2) is 0 Å². The van der Waals surface area contributed by atoms with Gasteiger partial charge in [-0.15, -0.1) is 0 Å². The molecule has 222 valence electrons. The molecule has 2 rings (SSSR count). The van der Waals surface area contributed by atoms with Crippen molar-refractivity contribution in [3.8, 4) is 0 Å². The van der Waals surface area contributed by atoms with Crippen LogP contribution in [0.1, 0.15) is 48.5 Å². The predicted molar refractivity (Wildman–Crippen MR) is 200 cm³/mol. The molecule has 11 heteroatoms. The maximum atomic E-state index is 4.39. The van der Waals surface area contributed by atoms with Gasteiger partial charge in [-0.3, -0.25) is 0 Å². The second-order valence-corrected chi connectivity index (χ2v) is 113. The molecule has 0 aliphatic carbocycles. The minimum absolute atomic E-state index is 0.201. The number of halogens is 4. The molecule has 0 spiro atoms. The van der Waals surface area contributed by atoms with E-state index in [0.29, 0.717) is 0 Å². The molecule has 2 aromatic rings. The van der Waals surface area contributed by atoms with E-state index in [4.69, 9.17) is 0 Å². The molecular weight excluding hydrogens is 1160 g/mol. The van der Waals surface area contributed by atoms with Crippen molar-refractivity contribution < 1.29 is 18.1 Å². The Balaban J connectivity index is -0.000000195. The van der Waals surface area contributed by atoms with E-state index in [1.165, 1.54) is 24.6 Å². The van der Waals surface area contributed by atoms with E-state index in [0.717, 1.165) is 17.3 Å². The molecule has 0 N–H and O–H groups in total. The second kappa shape index (κ2) is 39.6. The van der Waals surface area contributed by atoms with Gasteiger partial charge in [0.2, 0.25) is 0 Å². The molecule has 0 aromatic heterocycles. The maximum absolute atomic E-state index is 4.39. The van der Waals surface area contributed by atoms with Crippen LogP contribution in [0.3, 0.4) is 0 Å². The second-order valence-electron chi connectivity index (χ2n) is 6.54. The fourth-order valence-corrected chi connectivity index (χ4v) is 6.62. The summed E-state index contributed by atoms with van der Waals surface area (Å²) in [4.78, 5) is 0. The van der Waals surface area contributed by atoms with Crippen LogP contribution >= 0.6 is 69.6 Å². The summed E-state index contributed by atoms with van der Waals surface area (Å²) in [5.74, 6) is 2.50. The van der Waals surface area contributed by atoms with Crippen LogP contribution < -0.4 is 10.6 Å². The summed E-state index contributed by atoms with van der Waals surface area (Å²) in [5.41, 5.74) is 0. The number of hydrogen-bond acceptors (Lipinski definition) is 3. The third-order valence-electron chi connectivity index (χ3n) is 4.15. The topological polar surface area (TPSA) is 0 Å². The van der Waals surface area contributed by atoms with E-state index in [2.05, 4.69) is 180 Å². The third-order valence-corrected chi connectivity index (χ3v) is 157. The Hall–Kier alpha value is 3.59. The quantitative estimate of drug-likeness (QED) is 0.209. The molecule has 2 aromatic carbocycles. The van der Waals surface area contributed by atoms with Gasteiger partial charge < -0.3 is 37.9 Å². The molecule has 0 aliphatic heterocycles. The fraction of sp³-hybridized carbons (Fsp3) is 0.538. The normalized spacial score (nSPS) is 9.46. The summed E-state index contributed by atoms with van der Waals surface area (Å²) in [6.45, 7) is 15.0. The summed E-state index contributed by atoms with van der Waals surface area (Å²) in [6, 6.07) is 21.8. The first-order valence-corrected chi connectivity index (χ1v) is 51.0. The van der Waals surface area contributed by atoms with Crippen LogP contribution in [0.25, 0.3) is 0 Å². The number of rotatable bonds is 6. The fourth-order valence-electron chi connectivity index (χ4n) is 2.66. The van der Waals surface area contributed by atoms with Crippen molar-refractivity contribution in [2.45, 2.75) is 48.5 Å². The molecule has 0 nitrogen and oxygen atoms in total. The van der Waals surface area contributed by atoms with Crippen LogP contribution in [0.4, 0.5) is 0 Å². The zero-order valence-electron chi connectivity index (χ0n) is 23.2. The van der Waals surface area contributed by atoms with E-state index in [1.54, 1.807) is 10.6 Å². The molecule has 0 saturated heterocycles. The van der Waals surface area contributed by atoms with E-state index in [1.807, 2.05) is 20.8 Å². The average Bonchev–Trinajstić information content (AvgIpc) is 2.89. The Kier molecular flexibility index (Phi) is 50.9. The Morgan fingerprint density at radius 3 is 0.811 bits per heavy atom. The molecule has 0 heterocycles. The van der Waals surface area contributed by atoms with Crippen LogP contribution in [-0.2, 0) is 56.0 Å². The van der Waals surface area contributed by atoms with Crippen LogP contribution in [0.2, 0.25) is 0 Å². The molecule has 0 bridgehead atoms. The monoisotopic (exact) mass is 1210 g/mol. The van der Waals surface area contributed by atoms with Crippen molar-refractivity contribution in [2.75, 3.05) is 41.9 Å². The van der Waals surface area contributed by atoms with E-state index in [-0.39, 0.29) is 15.8 Å². The van der Waals surface area contributed by atoms with Gasteiger partial charge in [0.1, 0.15) is 0 Å². The van der Waals surface area contributed by atoms with Crippen LogP contribution in [-0.4, -0.2) is 41.9 Å². The van der Waals surface area contributed by atoms with Gasteiger partial charge in [0, 0.05) is 15.8 Å². The standard InChI is InChI=1S/2C10H15P.3C2H6S.4BrH.2Re/c2*1-3-11(4-2)10-8-6-5-7-9-10;3*1-2-3;;;;;;/h2*5-9H,3-4H2,1-2H3;3*3H,2H2,1H3;4*1H;;/q;;;;;;;;;2*+2/p-5. The molecule has 0 unspecified atom stereocenters.